The summed E-state index contributed by atoms with van der Waals surface area (Å²) in [6.45, 7) is 3.99. The number of nitrogens with one attached hydrogen (secondary N) is 1. The van der Waals surface area contributed by atoms with E-state index in [1.165, 1.54) is 0 Å². The number of rotatable bonds is 3. The van der Waals surface area contributed by atoms with E-state index in [4.69, 9.17) is 16.7 Å². The number of hydrogen-bond acceptors (Lipinski definition) is 5. The molecule has 2 N–H and O–H groups in total. The first-order valence-electron chi connectivity index (χ1n) is 3.17. The van der Waals surface area contributed by atoms with Crippen molar-refractivity contribution in [3.63, 3.8) is 0 Å². The van der Waals surface area contributed by atoms with Crippen molar-refractivity contribution in [1.82, 2.24) is 15.0 Å². The predicted molar refractivity (Wildman–Crippen MR) is 45.2 cm³/mol. The maximum absolute atomic E-state index is 8.88. The molecule has 0 atom stereocenters. The van der Waals surface area contributed by atoms with Crippen LogP contribution >= 0.6 is 11.6 Å². The van der Waals surface area contributed by atoms with Crippen molar-refractivity contribution in [3.8, 4) is 6.01 Å². The highest BCUT2D eigenvalue weighted by Crippen LogP contribution is 2.08. The molecule has 1 aromatic rings. The summed E-state index contributed by atoms with van der Waals surface area (Å²) in [5, 5.41) is 11.6. The van der Waals surface area contributed by atoms with Gasteiger partial charge in [0.25, 0.3) is 0 Å². The third-order valence-corrected chi connectivity index (χ3v) is 1.17. The second-order valence-corrected chi connectivity index (χ2v) is 2.24. The zero-order valence-corrected chi connectivity index (χ0v) is 6.91. The maximum Gasteiger partial charge on any atom is 0.320 e. The smallest absolute Gasteiger partial charge is 0.320 e. The van der Waals surface area contributed by atoms with Crippen LogP contribution in [-0.2, 0) is 0 Å². The Morgan fingerprint density at radius 2 is 2.25 bits per heavy atom. The summed E-state index contributed by atoms with van der Waals surface area (Å²) in [5.41, 5.74) is 0. The van der Waals surface area contributed by atoms with Crippen LogP contribution < -0.4 is 5.32 Å². The molecule has 0 spiro atoms. The Hall–Kier alpha value is -1.36. The van der Waals surface area contributed by atoms with Gasteiger partial charge in [-0.25, -0.2) is 0 Å². The average Bonchev–Trinajstić information content (AvgIpc) is 1.99. The lowest BCUT2D eigenvalue weighted by molar-refractivity contribution is 0.429. The Kier molecular flexibility index (Phi) is 2.82. The van der Waals surface area contributed by atoms with E-state index < -0.39 is 6.01 Å². The molecule has 0 aliphatic carbocycles. The Morgan fingerprint density at radius 3 is 2.83 bits per heavy atom. The Balaban J connectivity index is 2.78. The van der Waals surface area contributed by atoms with Crippen LogP contribution in [0.5, 0.6) is 6.01 Å². The van der Waals surface area contributed by atoms with Crippen LogP contribution in [0.2, 0.25) is 5.28 Å². The first-order chi connectivity index (χ1) is 5.72. The number of halogens is 1. The minimum atomic E-state index is -0.401. The van der Waals surface area contributed by atoms with Gasteiger partial charge >= 0.3 is 6.01 Å². The molecule has 0 radical (unpaired) electrons. The minimum absolute atomic E-state index is 0.0472. The highest BCUT2D eigenvalue weighted by Gasteiger charge is 2.00. The fourth-order valence-corrected chi connectivity index (χ4v) is 0.738. The van der Waals surface area contributed by atoms with E-state index in [1.54, 1.807) is 6.08 Å². The molecule has 0 fully saturated rings. The van der Waals surface area contributed by atoms with Gasteiger partial charge in [0.2, 0.25) is 11.2 Å². The topological polar surface area (TPSA) is 70.9 Å². The van der Waals surface area contributed by atoms with E-state index in [0.29, 0.717) is 6.54 Å². The van der Waals surface area contributed by atoms with Crippen LogP contribution in [0.15, 0.2) is 12.7 Å². The first kappa shape index (κ1) is 8.73. The van der Waals surface area contributed by atoms with Gasteiger partial charge in [-0.2, -0.15) is 15.0 Å². The summed E-state index contributed by atoms with van der Waals surface area (Å²) < 4.78 is 0. The molecule has 12 heavy (non-hydrogen) atoms. The van der Waals surface area contributed by atoms with Gasteiger partial charge in [0, 0.05) is 6.54 Å². The van der Waals surface area contributed by atoms with E-state index in [9.17, 15) is 0 Å². The lowest BCUT2D eigenvalue weighted by atomic mass is 10.6. The van der Waals surface area contributed by atoms with Gasteiger partial charge in [-0.05, 0) is 11.6 Å². The van der Waals surface area contributed by atoms with Crippen molar-refractivity contribution >= 4 is 17.5 Å². The van der Waals surface area contributed by atoms with Gasteiger partial charge in [0.1, 0.15) is 0 Å². The number of hydrogen-bond donors (Lipinski definition) is 2. The molecule has 0 aliphatic heterocycles. The van der Waals surface area contributed by atoms with Crippen LogP contribution in [0.25, 0.3) is 0 Å². The molecule has 6 heteroatoms. The SMILES string of the molecule is C=CCNc1nc(O)nc(Cl)n1. The summed E-state index contributed by atoms with van der Waals surface area (Å²) >= 11 is 5.44. The monoisotopic (exact) mass is 186 g/mol. The Bertz CT molecular complexity index is 271. The zero-order valence-electron chi connectivity index (χ0n) is 6.16. The molecule has 0 aliphatic rings. The summed E-state index contributed by atoms with van der Waals surface area (Å²) in [6, 6.07) is -0.401. The van der Waals surface area contributed by atoms with Gasteiger partial charge in [0.15, 0.2) is 0 Å². The second kappa shape index (κ2) is 3.87. The fraction of sp³-hybridized carbons (Fsp3) is 0.167. The van der Waals surface area contributed by atoms with E-state index in [1.807, 2.05) is 0 Å². The summed E-state index contributed by atoms with van der Waals surface area (Å²) in [5.74, 6) is 0.229. The zero-order chi connectivity index (χ0) is 8.97. The van der Waals surface area contributed by atoms with E-state index in [0.717, 1.165) is 0 Å². The summed E-state index contributed by atoms with van der Waals surface area (Å²) in [7, 11) is 0. The molecular formula is C6H7ClN4O. The molecular weight excluding hydrogens is 180 g/mol. The standard InChI is InChI=1S/C6H7ClN4O/c1-2-3-8-5-9-4(7)10-6(12)11-5/h2H,1,3H2,(H2,8,9,10,11,12). The molecule has 64 valence electrons. The van der Waals surface area contributed by atoms with Crippen LogP contribution in [0.1, 0.15) is 0 Å². The number of aromatic hydroxyl groups is 1. The van der Waals surface area contributed by atoms with Crippen molar-refractivity contribution in [2.45, 2.75) is 0 Å². The number of nitrogens with zero attached hydrogens (tertiary/aromatic N) is 3. The normalized spacial score (nSPS) is 9.42. The highest BCUT2D eigenvalue weighted by atomic mass is 35.5. The molecule has 5 nitrogen and oxygen atoms in total. The van der Waals surface area contributed by atoms with Gasteiger partial charge in [-0.3, -0.25) is 0 Å². The van der Waals surface area contributed by atoms with E-state index in [2.05, 4.69) is 26.8 Å². The van der Waals surface area contributed by atoms with Crippen molar-refractivity contribution in [3.05, 3.63) is 17.9 Å². The lowest BCUT2D eigenvalue weighted by Gasteiger charge is -2.00. The van der Waals surface area contributed by atoms with Crippen molar-refractivity contribution in [1.29, 1.82) is 0 Å². The van der Waals surface area contributed by atoms with Crippen molar-refractivity contribution < 1.29 is 5.11 Å². The molecule has 0 amide bonds. The van der Waals surface area contributed by atoms with Gasteiger partial charge in [-0.15, -0.1) is 6.58 Å². The number of aromatic nitrogens is 3. The van der Waals surface area contributed by atoms with Crippen LogP contribution in [0.4, 0.5) is 5.95 Å². The third kappa shape index (κ3) is 2.35. The van der Waals surface area contributed by atoms with E-state index >= 15 is 0 Å². The average molecular weight is 187 g/mol. The quantitative estimate of drug-likeness (QED) is 0.685. The van der Waals surface area contributed by atoms with Crippen LogP contribution in [-0.4, -0.2) is 26.6 Å². The minimum Gasteiger partial charge on any atom is -0.479 e. The molecule has 1 rings (SSSR count). The molecule has 0 saturated heterocycles. The number of anilines is 1. The third-order valence-electron chi connectivity index (χ3n) is 1.00. The Morgan fingerprint density at radius 1 is 1.50 bits per heavy atom. The summed E-state index contributed by atoms with van der Waals surface area (Å²) in [6.07, 6.45) is 1.63. The van der Waals surface area contributed by atoms with Crippen molar-refractivity contribution in [2.24, 2.45) is 0 Å². The summed E-state index contributed by atoms with van der Waals surface area (Å²) in [4.78, 5) is 10.6. The first-order valence-corrected chi connectivity index (χ1v) is 3.55. The van der Waals surface area contributed by atoms with Crippen LogP contribution in [0.3, 0.4) is 0 Å². The maximum atomic E-state index is 8.88. The van der Waals surface area contributed by atoms with Gasteiger partial charge < -0.3 is 10.4 Å². The van der Waals surface area contributed by atoms with E-state index in [-0.39, 0.29) is 11.2 Å². The molecule has 0 saturated carbocycles. The molecule has 0 aromatic carbocycles. The lowest BCUT2D eigenvalue weighted by Crippen LogP contribution is -2.03. The predicted octanol–water partition coefficient (Wildman–Crippen LogP) is 0.828. The highest BCUT2D eigenvalue weighted by molar-refractivity contribution is 6.28. The molecule has 0 bridgehead atoms. The largest absolute Gasteiger partial charge is 0.479 e. The fourth-order valence-electron chi connectivity index (χ4n) is 0.582. The Labute approximate surface area is 74.1 Å². The molecule has 0 unspecified atom stereocenters. The van der Waals surface area contributed by atoms with Gasteiger partial charge in [0.05, 0.1) is 0 Å². The van der Waals surface area contributed by atoms with Crippen molar-refractivity contribution in [2.75, 3.05) is 11.9 Å². The van der Waals surface area contributed by atoms with Gasteiger partial charge in [-0.1, -0.05) is 6.08 Å². The molecule has 1 heterocycles. The van der Waals surface area contributed by atoms with Crippen LogP contribution in [0, 0.1) is 0 Å². The molecule has 1 aromatic heterocycles. The second-order valence-electron chi connectivity index (χ2n) is 1.90.